The Morgan fingerprint density at radius 2 is 2.45 bits per heavy atom. The van der Waals surface area contributed by atoms with Crippen molar-refractivity contribution >= 4 is 29.3 Å². The number of halogens is 1. The Morgan fingerprint density at radius 3 is 2.73 bits per heavy atom. The molecule has 6 heteroatoms. The lowest BCUT2D eigenvalue weighted by Crippen LogP contribution is -1.96. The quantitative estimate of drug-likeness (QED) is 0.697. The van der Waals surface area contributed by atoms with E-state index in [0.29, 0.717) is 5.03 Å². The van der Waals surface area contributed by atoms with Gasteiger partial charge in [-0.3, -0.25) is 5.10 Å². The first kappa shape index (κ1) is 8.42. The normalized spacial score (nSPS) is 10.0. The van der Waals surface area contributed by atoms with E-state index in [1.165, 1.54) is 11.8 Å². The zero-order valence-corrected chi connectivity index (χ0v) is 7.16. The molecule has 0 saturated heterocycles. The van der Waals surface area contributed by atoms with Gasteiger partial charge >= 0.3 is 5.97 Å². The predicted octanol–water partition coefficient (Wildman–Crippen LogP) is 1.48. The highest BCUT2D eigenvalue weighted by Crippen LogP contribution is 2.25. The molecule has 0 unspecified atom stereocenters. The van der Waals surface area contributed by atoms with Gasteiger partial charge in [0.1, 0.15) is 10.0 Å². The van der Waals surface area contributed by atoms with Crippen molar-refractivity contribution in [3.05, 3.63) is 10.7 Å². The number of aromatic amines is 1. The molecule has 0 atom stereocenters. The zero-order valence-electron chi connectivity index (χ0n) is 5.59. The second-order valence-corrected chi connectivity index (χ2v) is 2.90. The van der Waals surface area contributed by atoms with Crippen LogP contribution in [0.25, 0.3) is 0 Å². The number of hydrogen-bond acceptors (Lipinski definition) is 3. The molecule has 0 aliphatic carbocycles. The number of nitrogens with one attached hydrogen (secondary N) is 1. The molecule has 0 aromatic carbocycles. The van der Waals surface area contributed by atoms with Gasteiger partial charge in [0, 0.05) is 0 Å². The summed E-state index contributed by atoms with van der Waals surface area (Å²) in [6.45, 7) is 0. The monoisotopic (exact) mass is 192 g/mol. The first-order valence-electron chi connectivity index (χ1n) is 2.68. The number of hydrogen-bond donors (Lipinski definition) is 2. The standard InChI is InChI=1S/C5H5ClN2O2S/c1-11-4-2(6)3(5(9)10)7-8-4/h1H3,(H,7,8)(H,9,10). The number of carbonyl (C=O) groups is 1. The van der Waals surface area contributed by atoms with E-state index in [2.05, 4.69) is 10.2 Å². The Kier molecular flexibility index (Phi) is 2.41. The average Bonchev–Trinajstić information content (AvgIpc) is 2.30. The van der Waals surface area contributed by atoms with E-state index in [-0.39, 0.29) is 10.7 Å². The Balaban J connectivity index is 3.10. The number of aromatic carboxylic acids is 1. The molecule has 1 aromatic heterocycles. The molecule has 0 spiro atoms. The van der Waals surface area contributed by atoms with Gasteiger partial charge in [-0.25, -0.2) is 4.79 Å². The van der Waals surface area contributed by atoms with Crippen LogP contribution < -0.4 is 0 Å². The van der Waals surface area contributed by atoms with Crippen LogP contribution in [0.5, 0.6) is 0 Å². The topological polar surface area (TPSA) is 66.0 Å². The molecule has 2 N–H and O–H groups in total. The van der Waals surface area contributed by atoms with E-state index >= 15 is 0 Å². The summed E-state index contributed by atoms with van der Waals surface area (Å²) in [6.07, 6.45) is 1.77. The average molecular weight is 193 g/mol. The molecule has 1 aromatic rings. The fourth-order valence-corrected chi connectivity index (χ4v) is 1.40. The van der Waals surface area contributed by atoms with Crippen molar-refractivity contribution in [1.82, 2.24) is 10.2 Å². The summed E-state index contributed by atoms with van der Waals surface area (Å²) in [4.78, 5) is 10.4. The second-order valence-electron chi connectivity index (χ2n) is 1.73. The third-order valence-electron chi connectivity index (χ3n) is 1.08. The van der Waals surface area contributed by atoms with Gasteiger partial charge in [-0.15, -0.1) is 11.8 Å². The van der Waals surface area contributed by atoms with E-state index < -0.39 is 5.97 Å². The lowest BCUT2D eigenvalue weighted by atomic mass is 10.4. The number of thioether (sulfide) groups is 1. The first-order valence-corrected chi connectivity index (χ1v) is 4.28. The minimum atomic E-state index is -1.09. The Morgan fingerprint density at radius 1 is 1.82 bits per heavy atom. The maximum absolute atomic E-state index is 10.4. The van der Waals surface area contributed by atoms with E-state index in [4.69, 9.17) is 16.7 Å². The number of carboxylic acids is 1. The van der Waals surface area contributed by atoms with Crippen LogP contribution in [-0.4, -0.2) is 27.5 Å². The van der Waals surface area contributed by atoms with Crippen molar-refractivity contribution in [2.24, 2.45) is 0 Å². The molecule has 0 fully saturated rings. The van der Waals surface area contributed by atoms with Gasteiger partial charge in [0.25, 0.3) is 0 Å². The van der Waals surface area contributed by atoms with Gasteiger partial charge in [0.2, 0.25) is 0 Å². The largest absolute Gasteiger partial charge is 0.476 e. The van der Waals surface area contributed by atoms with Crippen LogP contribution in [0.2, 0.25) is 5.02 Å². The Labute approximate surface area is 71.9 Å². The van der Waals surface area contributed by atoms with Gasteiger partial charge in [0.05, 0.1) is 0 Å². The van der Waals surface area contributed by atoms with Crippen molar-refractivity contribution in [3.63, 3.8) is 0 Å². The van der Waals surface area contributed by atoms with Crippen LogP contribution in [0.3, 0.4) is 0 Å². The van der Waals surface area contributed by atoms with Crippen LogP contribution in [0.15, 0.2) is 5.03 Å². The number of H-pyrrole nitrogens is 1. The first-order chi connectivity index (χ1) is 5.16. The Bertz CT molecular complexity index is 286. The molecule has 11 heavy (non-hydrogen) atoms. The van der Waals surface area contributed by atoms with Gasteiger partial charge in [-0.05, 0) is 6.26 Å². The maximum Gasteiger partial charge on any atom is 0.355 e. The summed E-state index contributed by atoms with van der Waals surface area (Å²) in [5, 5.41) is 15.2. The lowest BCUT2D eigenvalue weighted by Gasteiger charge is -1.87. The fourth-order valence-electron chi connectivity index (χ4n) is 0.589. The molecule has 0 aliphatic heterocycles. The molecule has 4 nitrogen and oxygen atoms in total. The summed E-state index contributed by atoms with van der Waals surface area (Å²) in [5.41, 5.74) is -0.0592. The van der Waals surface area contributed by atoms with Crippen LogP contribution in [0, 0.1) is 0 Å². The number of rotatable bonds is 2. The number of carboxylic acid groups (broad SMARTS) is 1. The van der Waals surface area contributed by atoms with Crippen molar-refractivity contribution in [1.29, 1.82) is 0 Å². The maximum atomic E-state index is 10.4. The number of aromatic nitrogens is 2. The summed E-state index contributed by atoms with van der Waals surface area (Å²) in [7, 11) is 0. The summed E-state index contributed by atoms with van der Waals surface area (Å²) < 4.78 is 0. The van der Waals surface area contributed by atoms with Crippen molar-refractivity contribution in [3.8, 4) is 0 Å². The Hall–Kier alpha value is -0.680. The van der Waals surface area contributed by atoms with E-state index in [1.54, 1.807) is 6.26 Å². The molecule has 1 rings (SSSR count). The molecule has 1 heterocycles. The molecular formula is C5H5ClN2O2S. The van der Waals surface area contributed by atoms with E-state index in [1.807, 2.05) is 0 Å². The molecular weight excluding hydrogens is 188 g/mol. The van der Waals surface area contributed by atoms with E-state index in [9.17, 15) is 4.79 Å². The van der Waals surface area contributed by atoms with Gasteiger partial charge in [0.15, 0.2) is 5.69 Å². The smallest absolute Gasteiger partial charge is 0.355 e. The molecule has 0 aliphatic rings. The SMILES string of the molecule is CSc1n[nH]c(C(=O)O)c1Cl. The summed E-state index contributed by atoms with van der Waals surface area (Å²) in [6, 6.07) is 0. The molecule has 0 radical (unpaired) electrons. The minimum absolute atomic E-state index is 0.0592. The highest BCUT2D eigenvalue weighted by molar-refractivity contribution is 7.98. The fraction of sp³-hybridized carbons (Fsp3) is 0.200. The van der Waals surface area contributed by atoms with Crippen LogP contribution in [0.1, 0.15) is 10.5 Å². The highest BCUT2D eigenvalue weighted by atomic mass is 35.5. The zero-order chi connectivity index (χ0) is 8.43. The van der Waals surface area contributed by atoms with Crippen LogP contribution >= 0.6 is 23.4 Å². The predicted molar refractivity (Wildman–Crippen MR) is 42.3 cm³/mol. The summed E-state index contributed by atoms with van der Waals surface area (Å²) >= 11 is 6.92. The molecule has 0 bridgehead atoms. The van der Waals surface area contributed by atoms with Crippen molar-refractivity contribution in [2.75, 3.05) is 6.26 Å². The highest BCUT2D eigenvalue weighted by Gasteiger charge is 2.15. The molecule has 0 saturated carbocycles. The van der Waals surface area contributed by atoms with Crippen molar-refractivity contribution in [2.45, 2.75) is 5.03 Å². The molecule has 60 valence electrons. The van der Waals surface area contributed by atoms with Gasteiger partial charge in [-0.2, -0.15) is 5.10 Å². The van der Waals surface area contributed by atoms with Gasteiger partial charge < -0.3 is 5.11 Å². The third kappa shape index (κ3) is 1.49. The molecule has 0 amide bonds. The second kappa shape index (κ2) is 3.15. The van der Waals surface area contributed by atoms with Crippen LogP contribution in [-0.2, 0) is 0 Å². The van der Waals surface area contributed by atoms with Crippen LogP contribution in [0.4, 0.5) is 0 Å². The van der Waals surface area contributed by atoms with Crippen molar-refractivity contribution < 1.29 is 9.90 Å². The third-order valence-corrected chi connectivity index (χ3v) is 2.25. The number of nitrogens with zero attached hydrogens (tertiary/aromatic N) is 1. The summed E-state index contributed by atoms with van der Waals surface area (Å²) in [5.74, 6) is -1.09. The lowest BCUT2D eigenvalue weighted by molar-refractivity contribution is 0.0690. The minimum Gasteiger partial charge on any atom is -0.476 e. The van der Waals surface area contributed by atoms with Gasteiger partial charge in [-0.1, -0.05) is 11.6 Å². The van der Waals surface area contributed by atoms with E-state index in [0.717, 1.165) is 0 Å².